The Balaban J connectivity index is 2.11. The maximum absolute atomic E-state index is 6.10. The lowest BCUT2D eigenvalue weighted by Crippen LogP contribution is -2.50. The molecule has 0 spiro atoms. The first-order valence-corrected chi connectivity index (χ1v) is 6.10. The number of rotatable bonds is 2. The van der Waals surface area contributed by atoms with E-state index < -0.39 is 0 Å². The number of nitrogens with one attached hydrogen (secondary N) is 1. The minimum atomic E-state index is 0.0484. The molecule has 1 N–H and O–H groups in total. The van der Waals surface area contributed by atoms with Gasteiger partial charge in [0.05, 0.1) is 24.8 Å². The molecule has 3 nitrogen and oxygen atoms in total. The van der Waals surface area contributed by atoms with Crippen molar-refractivity contribution in [2.24, 2.45) is 0 Å². The number of hydrogen-bond donors (Lipinski definition) is 1. The van der Waals surface area contributed by atoms with Gasteiger partial charge in [0.1, 0.15) is 5.75 Å². The lowest BCUT2D eigenvalue weighted by Gasteiger charge is -2.36. The van der Waals surface area contributed by atoms with Gasteiger partial charge in [-0.15, -0.1) is 0 Å². The number of halogens is 1. The van der Waals surface area contributed by atoms with Crippen molar-refractivity contribution in [3.8, 4) is 5.75 Å². The van der Waals surface area contributed by atoms with E-state index in [0.717, 1.165) is 12.1 Å². The molecule has 0 amide bonds. The first-order valence-electron chi connectivity index (χ1n) is 5.72. The van der Waals surface area contributed by atoms with Gasteiger partial charge in [-0.05, 0) is 31.5 Å². The second-order valence-corrected chi connectivity index (χ2v) is 5.37. The Bertz CT molecular complexity index is 396. The zero-order chi connectivity index (χ0) is 12.5. The van der Waals surface area contributed by atoms with Crippen LogP contribution in [0.2, 0.25) is 5.02 Å². The van der Waals surface area contributed by atoms with Crippen molar-refractivity contribution in [3.05, 3.63) is 28.8 Å². The molecule has 4 heteroatoms. The second kappa shape index (κ2) is 4.84. The van der Waals surface area contributed by atoms with Gasteiger partial charge < -0.3 is 14.8 Å². The van der Waals surface area contributed by atoms with Gasteiger partial charge in [0, 0.05) is 12.1 Å². The summed E-state index contributed by atoms with van der Waals surface area (Å²) in [6, 6.07) is 5.78. The van der Waals surface area contributed by atoms with Gasteiger partial charge >= 0.3 is 0 Å². The van der Waals surface area contributed by atoms with E-state index in [1.165, 1.54) is 0 Å². The summed E-state index contributed by atoms with van der Waals surface area (Å²) in [5.41, 5.74) is 1.13. The molecule has 94 valence electrons. The molecule has 1 atom stereocenters. The van der Waals surface area contributed by atoms with Gasteiger partial charge in [0.15, 0.2) is 0 Å². The molecule has 1 aliphatic heterocycles. The molecule has 1 aromatic rings. The molecule has 17 heavy (non-hydrogen) atoms. The van der Waals surface area contributed by atoms with Gasteiger partial charge in [-0.2, -0.15) is 0 Å². The number of ether oxygens (including phenoxy) is 2. The third-order valence-corrected chi connectivity index (χ3v) is 3.25. The molecule has 0 saturated carbocycles. The highest BCUT2D eigenvalue weighted by Gasteiger charge is 2.27. The summed E-state index contributed by atoms with van der Waals surface area (Å²) in [5, 5.41) is 4.08. The van der Waals surface area contributed by atoms with Crippen LogP contribution in [0.4, 0.5) is 0 Å². The van der Waals surface area contributed by atoms with Crippen LogP contribution in [0, 0.1) is 0 Å². The smallest absolute Gasteiger partial charge is 0.137 e. The Morgan fingerprint density at radius 2 is 2.24 bits per heavy atom. The molecule has 2 rings (SSSR count). The van der Waals surface area contributed by atoms with Crippen LogP contribution in [0.3, 0.4) is 0 Å². The van der Waals surface area contributed by atoms with E-state index >= 15 is 0 Å². The summed E-state index contributed by atoms with van der Waals surface area (Å²) < 4.78 is 11.0. The van der Waals surface area contributed by atoms with Crippen LogP contribution in [0.25, 0.3) is 0 Å². The highest BCUT2D eigenvalue weighted by Crippen LogP contribution is 2.30. The van der Waals surface area contributed by atoms with Crippen molar-refractivity contribution in [2.45, 2.75) is 25.5 Å². The normalized spacial score (nSPS) is 23.4. The first kappa shape index (κ1) is 12.7. The summed E-state index contributed by atoms with van der Waals surface area (Å²) >= 11 is 6.10. The van der Waals surface area contributed by atoms with Crippen LogP contribution in [0.5, 0.6) is 5.75 Å². The number of hydrogen-bond acceptors (Lipinski definition) is 3. The van der Waals surface area contributed by atoms with E-state index in [4.69, 9.17) is 21.1 Å². The third kappa shape index (κ3) is 2.92. The first-order chi connectivity index (χ1) is 8.02. The predicted octanol–water partition coefficient (Wildman–Crippen LogP) is 2.79. The Kier molecular flexibility index (Phi) is 3.61. The topological polar surface area (TPSA) is 30.5 Å². The van der Waals surface area contributed by atoms with E-state index in [1.807, 2.05) is 18.2 Å². The molecule has 1 unspecified atom stereocenters. The van der Waals surface area contributed by atoms with E-state index in [-0.39, 0.29) is 11.6 Å². The summed E-state index contributed by atoms with van der Waals surface area (Å²) in [7, 11) is 1.61. The fourth-order valence-electron chi connectivity index (χ4n) is 1.88. The summed E-state index contributed by atoms with van der Waals surface area (Å²) in [6.45, 7) is 5.76. The van der Waals surface area contributed by atoms with Gasteiger partial charge in [0.25, 0.3) is 0 Å². The largest absolute Gasteiger partial charge is 0.495 e. The highest BCUT2D eigenvalue weighted by atomic mass is 35.5. The quantitative estimate of drug-likeness (QED) is 0.882. The SMILES string of the molecule is COc1ccc(C2CNC(C)(C)CO2)cc1Cl. The summed E-state index contributed by atoms with van der Waals surface area (Å²) in [4.78, 5) is 0. The van der Waals surface area contributed by atoms with Crippen molar-refractivity contribution >= 4 is 11.6 Å². The van der Waals surface area contributed by atoms with Crippen LogP contribution >= 0.6 is 11.6 Å². The van der Waals surface area contributed by atoms with Crippen LogP contribution in [0.15, 0.2) is 18.2 Å². The average molecular weight is 256 g/mol. The van der Waals surface area contributed by atoms with Gasteiger partial charge in [0.2, 0.25) is 0 Å². The van der Waals surface area contributed by atoms with Gasteiger partial charge in [-0.3, -0.25) is 0 Å². The summed E-state index contributed by atoms with van der Waals surface area (Å²) in [5.74, 6) is 0.694. The Labute approximate surface area is 107 Å². The zero-order valence-electron chi connectivity index (χ0n) is 10.4. The molecule has 0 bridgehead atoms. The third-order valence-electron chi connectivity index (χ3n) is 2.96. The van der Waals surface area contributed by atoms with Crippen molar-refractivity contribution in [1.29, 1.82) is 0 Å². The van der Waals surface area contributed by atoms with Crippen molar-refractivity contribution in [3.63, 3.8) is 0 Å². The second-order valence-electron chi connectivity index (χ2n) is 4.96. The standard InChI is InChI=1S/C13H18ClNO2/c1-13(2)8-17-12(7-15-13)9-4-5-11(16-3)10(14)6-9/h4-6,12,15H,7-8H2,1-3H3. The number of methoxy groups -OCH3 is 1. The predicted molar refractivity (Wildman–Crippen MR) is 68.8 cm³/mol. The van der Waals surface area contributed by atoms with Gasteiger partial charge in [-0.25, -0.2) is 0 Å². The molecule has 1 saturated heterocycles. The molecule has 1 fully saturated rings. The van der Waals surface area contributed by atoms with Crippen LogP contribution in [-0.2, 0) is 4.74 Å². The van der Waals surface area contributed by atoms with E-state index in [0.29, 0.717) is 17.4 Å². The van der Waals surface area contributed by atoms with Crippen LogP contribution < -0.4 is 10.1 Å². The van der Waals surface area contributed by atoms with Crippen molar-refractivity contribution in [1.82, 2.24) is 5.32 Å². The molecule has 0 radical (unpaired) electrons. The molecular weight excluding hydrogens is 238 g/mol. The molecule has 0 aliphatic carbocycles. The van der Waals surface area contributed by atoms with Crippen LogP contribution in [0.1, 0.15) is 25.5 Å². The van der Waals surface area contributed by atoms with Crippen LogP contribution in [-0.4, -0.2) is 25.8 Å². The monoisotopic (exact) mass is 255 g/mol. The minimum absolute atomic E-state index is 0.0484. The van der Waals surface area contributed by atoms with E-state index in [9.17, 15) is 0 Å². The average Bonchev–Trinajstić information content (AvgIpc) is 2.29. The lowest BCUT2D eigenvalue weighted by molar-refractivity contribution is -0.0229. The van der Waals surface area contributed by atoms with Gasteiger partial charge in [-0.1, -0.05) is 17.7 Å². The Hall–Kier alpha value is -0.770. The molecule has 0 aromatic heterocycles. The van der Waals surface area contributed by atoms with Crippen molar-refractivity contribution < 1.29 is 9.47 Å². The Morgan fingerprint density at radius 1 is 1.47 bits per heavy atom. The fraction of sp³-hybridized carbons (Fsp3) is 0.538. The number of benzene rings is 1. The van der Waals surface area contributed by atoms with E-state index in [1.54, 1.807) is 7.11 Å². The van der Waals surface area contributed by atoms with E-state index in [2.05, 4.69) is 19.2 Å². The molecule has 1 heterocycles. The fourth-order valence-corrected chi connectivity index (χ4v) is 2.15. The molecular formula is C13H18ClNO2. The zero-order valence-corrected chi connectivity index (χ0v) is 11.2. The molecule has 1 aromatic carbocycles. The minimum Gasteiger partial charge on any atom is -0.495 e. The molecule has 1 aliphatic rings. The lowest BCUT2D eigenvalue weighted by atomic mass is 10.0. The summed E-state index contributed by atoms with van der Waals surface area (Å²) in [6.07, 6.45) is 0.0615. The maximum Gasteiger partial charge on any atom is 0.137 e. The highest BCUT2D eigenvalue weighted by molar-refractivity contribution is 6.32. The van der Waals surface area contributed by atoms with Crippen molar-refractivity contribution in [2.75, 3.05) is 20.3 Å². The maximum atomic E-state index is 6.10. The number of morpholine rings is 1. The Morgan fingerprint density at radius 3 is 2.76 bits per heavy atom.